The first-order valence-electron chi connectivity index (χ1n) is 10.5. The SMILES string of the molecule is O=C(CC12CC3CC(CC(C3)C1)C2)N1CCC(CCCS(=O)(=O)O)CC1. The number of nitrogens with zero attached hydrogens (tertiary/aromatic N) is 1. The topological polar surface area (TPSA) is 74.7 Å². The fourth-order valence-corrected chi connectivity index (χ4v) is 7.50. The van der Waals surface area contributed by atoms with Gasteiger partial charge in [0.25, 0.3) is 10.1 Å². The van der Waals surface area contributed by atoms with Gasteiger partial charge in [-0.1, -0.05) is 0 Å². The highest BCUT2D eigenvalue weighted by molar-refractivity contribution is 7.85. The highest BCUT2D eigenvalue weighted by Crippen LogP contribution is 2.61. The Balaban J connectivity index is 1.24. The van der Waals surface area contributed by atoms with Crippen LogP contribution in [0.5, 0.6) is 0 Å². The first-order valence-corrected chi connectivity index (χ1v) is 12.1. The summed E-state index contributed by atoms with van der Waals surface area (Å²) in [4.78, 5) is 15.0. The fourth-order valence-electron chi connectivity index (χ4n) is 6.96. The summed E-state index contributed by atoms with van der Waals surface area (Å²) in [6.45, 7) is 1.64. The molecule has 5 rings (SSSR count). The molecule has 4 aliphatic carbocycles. The van der Waals surface area contributed by atoms with E-state index in [1.54, 1.807) is 0 Å². The molecular weight excluding hydrogens is 350 g/mol. The molecule has 5 nitrogen and oxygen atoms in total. The van der Waals surface area contributed by atoms with Crippen molar-refractivity contribution >= 4 is 16.0 Å². The van der Waals surface area contributed by atoms with Crippen LogP contribution in [0.4, 0.5) is 0 Å². The van der Waals surface area contributed by atoms with E-state index in [9.17, 15) is 13.2 Å². The van der Waals surface area contributed by atoms with Crippen LogP contribution in [0.2, 0.25) is 0 Å². The molecule has 5 aliphatic rings. The van der Waals surface area contributed by atoms with Crippen LogP contribution in [0.1, 0.15) is 70.6 Å². The van der Waals surface area contributed by atoms with Gasteiger partial charge in [-0.05, 0) is 93.3 Å². The molecule has 0 spiro atoms. The van der Waals surface area contributed by atoms with Crippen LogP contribution in [-0.2, 0) is 14.9 Å². The van der Waals surface area contributed by atoms with Crippen LogP contribution in [0.15, 0.2) is 0 Å². The zero-order chi connectivity index (χ0) is 18.4. The smallest absolute Gasteiger partial charge is 0.264 e. The monoisotopic (exact) mass is 383 g/mol. The third-order valence-electron chi connectivity index (χ3n) is 7.67. The molecule has 5 fully saturated rings. The molecule has 0 radical (unpaired) electrons. The van der Waals surface area contributed by atoms with Crippen LogP contribution in [-0.4, -0.2) is 42.6 Å². The quantitative estimate of drug-likeness (QED) is 0.712. The largest absolute Gasteiger partial charge is 0.343 e. The number of carbonyl (C=O) groups is 1. The predicted octanol–water partition coefficient (Wildman–Crippen LogP) is 3.50. The lowest BCUT2D eigenvalue weighted by molar-refractivity contribution is -0.140. The molecule has 1 saturated heterocycles. The standard InChI is InChI=1S/C20H33NO4S/c22-19(14-20-11-16-8-17(12-20)10-18(9-16)13-20)21-5-3-15(4-6-21)2-1-7-26(23,24)25/h15-18H,1-14H2,(H,23,24,25). The lowest BCUT2D eigenvalue weighted by Gasteiger charge is -2.57. The van der Waals surface area contributed by atoms with Gasteiger partial charge >= 0.3 is 0 Å². The Bertz CT molecular complexity index is 601. The van der Waals surface area contributed by atoms with E-state index >= 15 is 0 Å². The molecule has 0 atom stereocenters. The van der Waals surface area contributed by atoms with E-state index in [1.165, 1.54) is 38.5 Å². The fraction of sp³-hybridized carbons (Fsp3) is 0.950. The number of carbonyl (C=O) groups excluding carboxylic acids is 1. The van der Waals surface area contributed by atoms with E-state index in [0.29, 0.717) is 23.7 Å². The second-order valence-corrected chi connectivity index (χ2v) is 11.4. The maximum absolute atomic E-state index is 12.9. The van der Waals surface area contributed by atoms with Gasteiger partial charge in [0.2, 0.25) is 5.91 Å². The Morgan fingerprint density at radius 2 is 1.54 bits per heavy atom. The lowest BCUT2D eigenvalue weighted by atomic mass is 9.49. The molecule has 0 unspecified atom stereocenters. The summed E-state index contributed by atoms with van der Waals surface area (Å²) in [5, 5.41) is 0. The molecule has 0 aromatic carbocycles. The van der Waals surface area contributed by atoms with Crippen LogP contribution < -0.4 is 0 Å². The van der Waals surface area contributed by atoms with Gasteiger partial charge in [-0.15, -0.1) is 0 Å². The Kier molecular flexibility index (Phi) is 5.10. The van der Waals surface area contributed by atoms with Crippen molar-refractivity contribution in [3.05, 3.63) is 0 Å². The average molecular weight is 384 g/mol. The van der Waals surface area contributed by atoms with Crippen molar-refractivity contribution in [1.82, 2.24) is 4.90 Å². The molecule has 1 heterocycles. The summed E-state index contributed by atoms with van der Waals surface area (Å²) >= 11 is 0. The molecule has 1 N–H and O–H groups in total. The molecule has 6 heteroatoms. The van der Waals surface area contributed by atoms with Crippen molar-refractivity contribution in [3.8, 4) is 0 Å². The Hall–Kier alpha value is -0.620. The van der Waals surface area contributed by atoms with E-state index in [2.05, 4.69) is 4.90 Å². The molecular formula is C20H33NO4S. The van der Waals surface area contributed by atoms with Crippen LogP contribution in [0, 0.1) is 29.1 Å². The lowest BCUT2D eigenvalue weighted by Crippen LogP contribution is -2.49. The maximum atomic E-state index is 12.9. The van der Waals surface area contributed by atoms with Crippen LogP contribution >= 0.6 is 0 Å². The number of amides is 1. The van der Waals surface area contributed by atoms with E-state index in [1.807, 2.05) is 0 Å². The first kappa shape index (κ1) is 18.7. The molecule has 4 saturated carbocycles. The molecule has 1 amide bonds. The van der Waals surface area contributed by atoms with Crippen LogP contribution in [0.25, 0.3) is 0 Å². The molecule has 0 aromatic heterocycles. The Morgan fingerprint density at radius 1 is 1.00 bits per heavy atom. The van der Waals surface area contributed by atoms with Gasteiger partial charge in [-0.25, -0.2) is 0 Å². The summed E-state index contributed by atoms with van der Waals surface area (Å²) in [6.07, 6.45) is 12.2. The van der Waals surface area contributed by atoms with Gasteiger partial charge in [-0.2, -0.15) is 8.42 Å². The van der Waals surface area contributed by atoms with E-state index in [-0.39, 0.29) is 5.75 Å². The predicted molar refractivity (Wildman–Crippen MR) is 100 cm³/mol. The second-order valence-electron chi connectivity index (χ2n) is 9.85. The molecule has 0 aromatic rings. The van der Waals surface area contributed by atoms with Gasteiger partial charge in [0.15, 0.2) is 0 Å². The summed E-state index contributed by atoms with van der Waals surface area (Å²) in [6, 6.07) is 0. The van der Waals surface area contributed by atoms with Crippen molar-refractivity contribution < 1.29 is 17.8 Å². The maximum Gasteiger partial charge on any atom is 0.264 e. The van der Waals surface area contributed by atoms with E-state index in [4.69, 9.17) is 4.55 Å². The minimum atomic E-state index is -3.84. The van der Waals surface area contributed by atoms with Crippen molar-refractivity contribution in [1.29, 1.82) is 0 Å². The van der Waals surface area contributed by atoms with E-state index in [0.717, 1.165) is 56.5 Å². The highest BCUT2D eigenvalue weighted by atomic mass is 32.2. The van der Waals surface area contributed by atoms with E-state index < -0.39 is 10.1 Å². The van der Waals surface area contributed by atoms with Gasteiger partial charge in [-0.3, -0.25) is 9.35 Å². The number of hydrogen-bond acceptors (Lipinski definition) is 3. The summed E-state index contributed by atoms with van der Waals surface area (Å²) < 4.78 is 30.5. The summed E-state index contributed by atoms with van der Waals surface area (Å²) in [5.41, 5.74) is 0.318. The van der Waals surface area contributed by atoms with Crippen molar-refractivity contribution in [2.24, 2.45) is 29.1 Å². The Morgan fingerprint density at radius 3 is 2.04 bits per heavy atom. The van der Waals surface area contributed by atoms with Crippen molar-refractivity contribution in [2.75, 3.05) is 18.8 Å². The first-order chi connectivity index (χ1) is 12.3. The summed E-state index contributed by atoms with van der Waals surface area (Å²) in [5.74, 6) is 3.38. The van der Waals surface area contributed by atoms with Crippen molar-refractivity contribution in [3.63, 3.8) is 0 Å². The molecule has 1 aliphatic heterocycles. The van der Waals surface area contributed by atoms with Gasteiger partial charge in [0.1, 0.15) is 0 Å². The van der Waals surface area contributed by atoms with Gasteiger partial charge < -0.3 is 4.90 Å². The van der Waals surface area contributed by atoms with Crippen molar-refractivity contribution in [2.45, 2.75) is 70.6 Å². The number of hydrogen-bond donors (Lipinski definition) is 1. The molecule has 26 heavy (non-hydrogen) atoms. The second kappa shape index (κ2) is 7.08. The molecule has 148 valence electrons. The third-order valence-corrected chi connectivity index (χ3v) is 8.48. The number of rotatable bonds is 6. The number of piperidine rings is 1. The Labute approximate surface area is 157 Å². The zero-order valence-corrected chi connectivity index (χ0v) is 16.6. The minimum absolute atomic E-state index is 0.141. The molecule has 4 bridgehead atoms. The zero-order valence-electron chi connectivity index (χ0n) is 15.7. The summed E-state index contributed by atoms with van der Waals surface area (Å²) in [7, 11) is -3.84. The van der Waals surface area contributed by atoms with Gasteiger partial charge in [0, 0.05) is 19.5 Å². The average Bonchev–Trinajstić information content (AvgIpc) is 2.52. The number of likely N-dealkylation sites (tertiary alicyclic amines) is 1. The third kappa shape index (κ3) is 4.27. The normalized spacial score (nSPS) is 37.3. The minimum Gasteiger partial charge on any atom is -0.343 e. The highest BCUT2D eigenvalue weighted by Gasteiger charge is 2.51. The van der Waals surface area contributed by atoms with Crippen LogP contribution in [0.3, 0.4) is 0 Å². The van der Waals surface area contributed by atoms with Gasteiger partial charge in [0.05, 0.1) is 5.75 Å².